The predicted octanol–water partition coefficient (Wildman–Crippen LogP) is 3.07. The largest absolute Gasteiger partial charge is 0.478 e. The third kappa shape index (κ3) is 3.58. The molecule has 0 amide bonds. The lowest BCUT2D eigenvalue weighted by Crippen LogP contribution is -2.29. The molecule has 0 heterocycles. The zero-order valence-electron chi connectivity index (χ0n) is 10.7. The Hall–Kier alpha value is -2.29. The number of aliphatic carboxylic acids is 1. The molecule has 0 aromatic heterocycles. The van der Waals surface area contributed by atoms with Crippen LogP contribution >= 0.6 is 0 Å². The van der Waals surface area contributed by atoms with E-state index in [1.54, 1.807) is 6.07 Å². The predicted molar refractivity (Wildman–Crippen MR) is 73.4 cm³/mol. The summed E-state index contributed by atoms with van der Waals surface area (Å²) in [5.41, 5.74) is 1.88. The first-order valence-electron chi connectivity index (χ1n) is 6.16. The average Bonchev–Trinajstić information content (AvgIpc) is 2.41. The first-order chi connectivity index (χ1) is 9.16. The highest BCUT2D eigenvalue weighted by atomic mass is 16.5. The van der Waals surface area contributed by atoms with Crippen LogP contribution in [0.5, 0.6) is 5.75 Å². The molecule has 0 radical (unpaired) electrons. The fourth-order valence-corrected chi connectivity index (χ4v) is 1.85. The Labute approximate surface area is 112 Å². The SMILES string of the molecule is Cc1ccccc1O[C@@H](Cc1ccccc1)C(=O)O. The molecule has 0 unspecified atom stereocenters. The highest BCUT2D eigenvalue weighted by Gasteiger charge is 2.20. The number of carboxylic acid groups (broad SMARTS) is 1. The monoisotopic (exact) mass is 256 g/mol. The van der Waals surface area contributed by atoms with E-state index in [1.165, 1.54) is 0 Å². The first kappa shape index (κ1) is 13.1. The number of benzene rings is 2. The van der Waals surface area contributed by atoms with Gasteiger partial charge in [0.05, 0.1) is 0 Å². The van der Waals surface area contributed by atoms with Crippen molar-refractivity contribution in [3.8, 4) is 5.75 Å². The lowest BCUT2D eigenvalue weighted by Gasteiger charge is -2.16. The minimum atomic E-state index is -0.952. The first-order valence-corrected chi connectivity index (χ1v) is 6.16. The van der Waals surface area contributed by atoms with Crippen molar-refractivity contribution in [2.24, 2.45) is 0 Å². The normalized spacial score (nSPS) is 11.8. The molecule has 3 heteroatoms. The van der Waals surface area contributed by atoms with E-state index in [2.05, 4.69) is 0 Å². The number of aryl methyl sites for hydroxylation is 1. The van der Waals surface area contributed by atoms with Crippen LogP contribution < -0.4 is 4.74 Å². The summed E-state index contributed by atoms with van der Waals surface area (Å²) in [5.74, 6) is -0.335. The number of para-hydroxylation sites is 1. The molecular formula is C16H16O3. The van der Waals surface area contributed by atoms with Gasteiger partial charge in [0.2, 0.25) is 0 Å². The lowest BCUT2D eigenvalue weighted by atomic mass is 10.1. The summed E-state index contributed by atoms with van der Waals surface area (Å²) in [6.07, 6.45) is -0.520. The number of carbonyl (C=O) groups is 1. The average molecular weight is 256 g/mol. The number of hydrogen-bond donors (Lipinski definition) is 1. The van der Waals surface area contributed by atoms with Gasteiger partial charge in [0.1, 0.15) is 5.75 Å². The summed E-state index contributed by atoms with van der Waals surface area (Å²) >= 11 is 0. The van der Waals surface area contributed by atoms with Gasteiger partial charge in [-0.15, -0.1) is 0 Å². The molecule has 1 N–H and O–H groups in total. The van der Waals surface area contributed by atoms with Crippen molar-refractivity contribution in [3.05, 3.63) is 65.7 Å². The minimum absolute atomic E-state index is 0.352. The van der Waals surface area contributed by atoms with E-state index in [9.17, 15) is 9.90 Å². The second-order valence-electron chi connectivity index (χ2n) is 4.40. The van der Waals surface area contributed by atoms with Gasteiger partial charge in [0, 0.05) is 6.42 Å². The van der Waals surface area contributed by atoms with E-state index in [-0.39, 0.29) is 0 Å². The van der Waals surface area contributed by atoms with E-state index in [4.69, 9.17) is 4.74 Å². The van der Waals surface area contributed by atoms with Gasteiger partial charge in [0.25, 0.3) is 0 Å². The van der Waals surface area contributed by atoms with Crippen LogP contribution in [0.1, 0.15) is 11.1 Å². The maximum absolute atomic E-state index is 11.3. The number of rotatable bonds is 5. The molecule has 0 aliphatic rings. The van der Waals surface area contributed by atoms with E-state index in [0.29, 0.717) is 12.2 Å². The smallest absolute Gasteiger partial charge is 0.345 e. The molecule has 2 aromatic rings. The van der Waals surface area contributed by atoms with E-state index < -0.39 is 12.1 Å². The van der Waals surface area contributed by atoms with Crippen molar-refractivity contribution in [1.29, 1.82) is 0 Å². The third-order valence-electron chi connectivity index (χ3n) is 2.90. The highest BCUT2D eigenvalue weighted by molar-refractivity contribution is 5.73. The maximum atomic E-state index is 11.3. The molecule has 0 aliphatic carbocycles. The van der Waals surface area contributed by atoms with Gasteiger partial charge in [-0.25, -0.2) is 4.79 Å². The zero-order valence-corrected chi connectivity index (χ0v) is 10.7. The topological polar surface area (TPSA) is 46.5 Å². The van der Waals surface area contributed by atoms with Crippen molar-refractivity contribution < 1.29 is 14.6 Å². The van der Waals surface area contributed by atoms with Crippen LogP contribution in [0, 0.1) is 6.92 Å². The highest BCUT2D eigenvalue weighted by Crippen LogP contribution is 2.19. The molecule has 0 saturated carbocycles. The molecule has 0 saturated heterocycles. The number of hydrogen-bond acceptors (Lipinski definition) is 2. The molecule has 98 valence electrons. The van der Waals surface area contributed by atoms with E-state index in [1.807, 2.05) is 55.5 Å². The van der Waals surface area contributed by atoms with Crippen molar-refractivity contribution in [1.82, 2.24) is 0 Å². The van der Waals surface area contributed by atoms with Crippen LogP contribution in [-0.2, 0) is 11.2 Å². The lowest BCUT2D eigenvalue weighted by molar-refractivity contribution is -0.145. The van der Waals surface area contributed by atoms with Crippen LogP contribution in [-0.4, -0.2) is 17.2 Å². The molecule has 0 aliphatic heterocycles. The Kier molecular flexibility index (Phi) is 4.18. The second-order valence-corrected chi connectivity index (χ2v) is 4.40. The van der Waals surface area contributed by atoms with Crippen LogP contribution in [0.2, 0.25) is 0 Å². The molecule has 0 spiro atoms. The van der Waals surface area contributed by atoms with Crippen molar-refractivity contribution in [2.75, 3.05) is 0 Å². The van der Waals surface area contributed by atoms with Crippen LogP contribution in [0.25, 0.3) is 0 Å². The van der Waals surface area contributed by atoms with Gasteiger partial charge in [-0.3, -0.25) is 0 Å². The summed E-state index contributed by atoms with van der Waals surface area (Å²) < 4.78 is 5.61. The molecular weight excluding hydrogens is 240 g/mol. The summed E-state index contributed by atoms with van der Waals surface area (Å²) in [6, 6.07) is 16.9. The van der Waals surface area contributed by atoms with Gasteiger partial charge in [-0.2, -0.15) is 0 Å². The fraction of sp³-hybridized carbons (Fsp3) is 0.188. The Bertz CT molecular complexity index is 549. The van der Waals surface area contributed by atoms with Crippen molar-refractivity contribution >= 4 is 5.97 Å². The Balaban J connectivity index is 2.13. The molecule has 3 nitrogen and oxygen atoms in total. The molecule has 2 rings (SSSR count). The fourth-order valence-electron chi connectivity index (χ4n) is 1.85. The van der Waals surface area contributed by atoms with Gasteiger partial charge >= 0.3 is 5.97 Å². The zero-order chi connectivity index (χ0) is 13.7. The quantitative estimate of drug-likeness (QED) is 0.894. The number of carboxylic acids is 1. The Morgan fingerprint density at radius 1 is 1.11 bits per heavy atom. The van der Waals surface area contributed by atoms with Crippen LogP contribution in [0.4, 0.5) is 0 Å². The van der Waals surface area contributed by atoms with Gasteiger partial charge in [-0.1, -0.05) is 48.5 Å². The van der Waals surface area contributed by atoms with Crippen LogP contribution in [0.15, 0.2) is 54.6 Å². The Morgan fingerprint density at radius 2 is 1.74 bits per heavy atom. The minimum Gasteiger partial charge on any atom is -0.478 e. The summed E-state index contributed by atoms with van der Waals surface area (Å²) in [7, 11) is 0. The van der Waals surface area contributed by atoms with Gasteiger partial charge < -0.3 is 9.84 Å². The molecule has 0 bridgehead atoms. The summed E-state index contributed by atoms with van der Waals surface area (Å²) in [6.45, 7) is 1.90. The van der Waals surface area contributed by atoms with E-state index >= 15 is 0 Å². The molecule has 2 aromatic carbocycles. The van der Waals surface area contributed by atoms with E-state index in [0.717, 1.165) is 11.1 Å². The second kappa shape index (κ2) is 6.05. The van der Waals surface area contributed by atoms with Crippen molar-refractivity contribution in [3.63, 3.8) is 0 Å². The maximum Gasteiger partial charge on any atom is 0.345 e. The Morgan fingerprint density at radius 3 is 2.37 bits per heavy atom. The van der Waals surface area contributed by atoms with Gasteiger partial charge in [-0.05, 0) is 24.1 Å². The summed E-state index contributed by atoms with van der Waals surface area (Å²) in [4.78, 5) is 11.3. The standard InChI is InChI=1S/C16H16O3/c1-12-7-5-6-10-14(12)19-15(16(17)18)11-13-8-3-2-4-9-13/h2-10,15H,11H2,1H3,(H,17,18)/t15-/m0/s1. The number of ether oxygens (including phenoxy) is 1. The summed E-state index contributed by atoms with van der Waals surface area (Å²) in [5, 5.41) is 9.26. The molecule has 19 heavy (non-hydrogen) atoms. The molecule has 0 fully saturated rings. The van der Waals surface area contributed by atoms with Gasteiger partial charge in [0.15, 0.2) is 6.10 Å². The third-order valence-corrected chi connectivity index (χ3v) is 2.90. The molecule has 1 atom stereocenters. The van der Waals surface area contributed by atoms with Crippen molar-refractivity contribution in [2.45, 2.75) is 19.4 Å². The van der Waals surface area contributed by atoms with Crippen LogP contribution in [0.3, 0.4) is 0 Å².